The Labute approximate surface area is 130 Å². The van der Waals surface area contributed by atoms with E-state index in [1.165, 1.54) is 5.69 Å². The normalized spacial score (nSPS) is 16.1. The van der Waals surface area contributed by atoms with Crippen LogP contribution in [0.4, 0.5) is 11.4 Å². The molecule has 2 aromatic rings. The summed E-state index contributed by atoms with van der Waals surface area (Å²) in [6, 6.07) is 11.8. The summed E-state index contributed by atoms with van der Waals surface area (Å²) in [6.07, 6.45) is 1.77. The van der Waals surface area contributed by atoms with Crippen molar-refractivity contribution in [2.45, 2.75) is 6.54 Å². The van der Waals surface area contributed by atoms with Gasteiger partial charge in [0, 0.05) is 55.3 Å². The van der Waals surface area contributed by atoms with Crippen LogP contribution in [0.15, 0.2) is 42.6 Å². The number of anilines is 2. The second kappa shape index (κ2) is 6.33. The van der Waals surface area contributed by atoms with Crippen molar-refractivity contribution in [2.24, 2.45) is 0 Å². The van der Waals surface area contributed by atoms with Crippen LogP contribution in [0.2, 0.25) is 5.02 Å². The molecule has 3 rings (SSSR count). The van der Waals surface area contributed by atoms with Crippen LogP contribution in [0.3, 0.4) is 0 Å². The Morgan fingerprint density at radius 3 is 2.43 bits per heavy atom. The largest absolute Gasteiger partial charge is 0.399 e. The van der Waals surface area contributed by atoms with Gasteiger partial charge in [-0.2, -0.15) is 0 Å². The highest BCUT2D eigenvalue weighted by Crippen LogP contribution is 2.20. The zero-order valence-corrected chi connectivity index (χ0v) is 12.6. The van der Waals surface area contributed by atoms with Gasteiger partial charge in [-0.1, -0.05) is 11.6 Å². The van der Waals surface area contributed by atoms with Gasteiger partial charge < -0.3 is 10.6 Å². The van der Waals surface area contributed by atoms with Crippen molar-refractivity contribution >= 4 is 23.0 Å². The average Bonchev–Trinajstić information content (AvgIpc) is 2.49. The first-order valence-electron chi connectivity index (χ1n) is 7.14. The standard InChI is InChI=1S/C16H19ClN4/c17-13-1-3-16(4-2-13)21-9-7-20(8-10-21)12-15-11-14(18)5-6-19-15/h1-6,11H,7-10,12H2,(H2,18,19). The van der Waals surface area contributed by atoms with Crippen LogP contribution in [0.5, 0.6) is 0 Å². The molecule has 0 aliphatic carbocycles. The quantitative estimate of drug-likeness (QED) is 0.947. The van der Waals surface area contributed by atoms with E-state index in [4.69, 9.17) is 17.3 Å². The SMILES string of the molecule is Nc1ccnc(CN2CCN(c3ccc(Cl)cc3)CC2)c1. The molecule has 1 aromatic carbocycles. The summed E-state index contributed by atoms with van der Waals surface area (Å²) in [4.78, 5) is 9.17. The number of benzene rings is 1. The minimum atomic E-state index is 0.778. The lowest BCUT2D eigenvalue weighted by Gasteiger charge is -2.36. The zero-order chi connectivity index (χ0) is 14.7. The summed E-state index contributed by atoms with van der Waals surface area (Å²) < 4.78 is 0. The summed E-state index contributed by atoms with van der Waals surface area (Å²) in [6.45, 7) is 4.95. The number of piperazine rings is 1. The third-order valence-electron chi connectivity index (χ3n) is 3.79. The molecule has 0 unspecified atom stereocenters. The van der Waals surface area contributed by atoms with E-state index in [0.717, 1.165) is 49.1 Å². The first kappa shape index (κ1) is 14.2. The summed E-state index contributed by atoms with van der Waals surface area (Å²) in [7, 11) is 0. The number of rotatable bonds is 3. The monoisotopic (exact) mass is 302 g/mol. The molecule has 2 heterocycles. The predicted octanol–water partition coefficient (Wildman–Crippen LogP) is 2.64. The molecular weight excluding hydrogens is 284 g/mol. The van der Waals surface area contributed by atoms with E-state index >= 15 is 0 Å². The van der Waals surface area contributed by atoms with Crippen LogP contribution in [0.25, 0.3) is 0 Å². The lowest BCUT2D eigenvalue weighted by atomic mass is 10.2. The van der Waals surface area contributed by atoms with Crippen molar-refractivity contribution in [2.75, 3.05) is 36.8 Å². The van der Waals surface area contributed by atoms with Gasteiger partial charge in [-0.3, -0.25) is 9.88 Å². The molecule has 4 nitrogen and oxygen atoms in total. The van der Waals surface area contributed by atoms with Crippen molar-refractivity contribution in [3.05, 3.63) is 53.3 Å². The molecule has 5 heteroatoms. The molecule has 21 heavy (non-hydrogen) atoms. The van der Waals surface area contributed by atoms with Crippen LogP contribution in [0.1, 0.15) is 5.69 Å². The van der Waals surface area contributed by atoms with E-state index in [9.17, 15) is 0 Å². The number of nitrogen functional groups attached to an aromatic ring is 1. The number of hydrogen-bond donors (Lipinski definition) is 1. The molecule has 110 valence electrons. The summed E-state index contributed by atoms with van der Waals surface area (Å²) in [5, 5.41) is 0.783. The van der Waals surface area contributed by atoms with Gasteiger partial charge in [0.05, 0.1) is 5.69 Å². The van der Waals surface area contributed by atoms with Gasteiger partial charge in [0.2, 0.25) is 0 Å². The Morgan fingerprint density at radius 2 is 1.76 bits per heavy atom. The minimum absolute atomic E-state index is 0.778. The molecule has 0 spiro atoms. The van der Waals surface area contributed by atoms with E-state index < -0.39 is 0 Å². The van der Waals surface area contributed by atoms with Gasteiger partial charge >= 0.3 is 0 Å². The number of halogens is 1. The molecule has 1 aliphatic rings. The molecule has 0 amide bonds. The second-order valence-corrected chi connectivity index (χ2v) is 5.76. The van der Waals surface area contributed by atoms with Crippen LogP contribution < -0.4 is 10.6 Å². The Bertz CT molecular complexity index is 591. The molecule has 1 aromatic heterocycles. The van der Waals surface area contributed by atoms with E-state index in [1.807, 2.05) is 24.3 Å². The fraction of sp³-hybridized carbons (Fsp3) is 0.312. The number of nitrogens with zero attached hydrogens (tertiary/aromatic N) is 3. The fourth-order valence-electron chi connectivity index (χ4n) is 2.63. The number of pyridine rings is 1. The topological polar surface area (TPSA) is 45.4 Å². The van der Waals surface area contributed by atoms with Crippen LogP contribution in [0, 0.1) is 0 Å². The summed E-state index contributed by atoms with van der Waals surface area (Å²) in [5.74, 6) is 0. The van der Waals surface area contributed by atoms with Crippen LogP contribution >= 0.6 is 11.6 Å². The number of hydrogen-bond acceptors (Lipinski definition) is 4. The van der Waals surface area contributed by atoms with Gasteiger partial charge in [-0.25, -0.2) is 0 Å². The van der Waals surface area contributed by atoms with Gasteiger partial charge in [0.25, 0.3) is 0 Å². The van der Waals surface area contributed by atoms with Gasteiger partial charge in [-0.05, 0) is 36.4 Å². The molecule has 1 saturated heterocycles. The average molecular weight is 303 g/mol. The van der Waals surface area contributed by atoms with Gasteiger partial charge in [0.1, 0.15) is 0 Å². The first-order chi connectivity index (χ1) is 10.2. The highest BCUT2D eigenvalue weighted by molar-refractivity contribution is 6.30. The van der Waals surface area contributed by atoms with Crippen molar-refractivity contribution in [1.29, 1.82) is 0 Å². The molecule has 1 fully saturated rings. The Hall–Kier alpha value is -1.78. The van der Waals surface area contributed by atoms with Crippen LogP contribution in [-0.2, 0) is 6.54 Å². The molecule has 0 radical (unpaired) electrons. The van der Waals surface area contributed by atoms with Crippen molar-refractivity contribution in [3.63, 3.8) is 0 Å². The molecule has 2 N–H and O–H groups in total. The molecule has 1 aliphatic heterocycles. The number of nitrogens with two attached hydrogens (primary N) is 1. The van der Waals surface area contributed by atoms with Gasteiger partial charge in [0.15, 0.2) is 0 Å². The maximum Gasteiger partial charge on any atom is 0.0564 e. The Kier molecular flexibility index (Phi) is 4.27. The Morgan fingerprint density at radius 1 is 1.05 bits per heavy atom. The molecule has 0 saturated carbocycles. The van der Waals surface area contributed by atoms with E-state index in [-0.39, 0.29) is 0 Å². The second-order valence-electron chi connectivity index (χ2n) is 5.32. The van der Waals surface area contributed by atoms with Crippen molar-refractivity contribution < 1.29 is 0 Å². The van der Waals surface area contributed by atoms with E-state index in [2.05, 4.69) is 26.9 Å². The Balaban J connectivity index is 1.56. The smallest absolute Gasteiger partial charge is 0.0564 e. The highest BCUT2D eigenvalue weighted by atomic mass is 35.5. The van der Waals surface area contributed by atoms with Crippen molar-refractivity contribution in [3.8, 4) is 0 Å². The fourth-order valence-corrected chi connectivity index (χ4v) is 2.75. The van der Waals surface area contributed by atoms with Gasteiger partial charge in [-0.15, -0.1) is 0 Å². The third kappa shape index (κ3) is 3.65. The molecule has 0 atom stereocenters. The number of aromatic nitrogens is 1. The van der Waals surface area contributed by atoms with Crippen molar-refractivity contribution in [1.82, 2.24) is 9.88 Å². The van der Waals surface area contributed by atoms with E-state index in [1.54, 1.807) is 6.20 Å². The maximum absolute atomic E-state index is 5.93. The van der Waals surface area contributed by atoms with E-state index in [0.29, 0.717) is 0 Å². The molecule has 0 bridgehead atoms. The van der Waals surface area contributed by atoms with Crippen LogP contribution in [-0.4, -0.2) is 36.1 Å². The lowest BCUT2D eigenvalue weighted by Crippen LogP contribution is -2.46. The molecular formula is C16H19ClN4. The third-order valence-corrected chi connectivity index (χ3v) is 4.04. The highest BCUT2D eigenvalue weighted by Gasteiger charge is 2.17. The first-order valence-corrected chi connectivity index (χ1v) is 7.52. The zero-order valence-electron chi connectivity index (χ0n) is 11.9. The predicted molar refractivity (Wildman–Crippen MR) is 87.6 cm³/mol. The minimum Gasteiger partial charge on any atom is -0.399 e. The summed E-state index contributed by atoms with van der Waals surface area (Å²) >= 11 is 5.93. The lowest BCUT2D eigenvalue weighted by molar-refractivity contribution is 0.247. The maximum atomic E-state index is 5.93. The summed E-state index contributed by atoms with van der Waals surface area (Å²) in [5.41, 5.74) is 8.85.